The van der Waals surface area contributed by atoms with E-state index >= 15 is 0 Å². The fourth-order valence-corrected chi connectivity index (χ4v) is 4.07. The van der Waals surface area contributed by atoms with Crippen LogP contribution < -0.4 is 0 Å². The van der Waals surface area contributed by atoms with Crippen LogP contribution in [0.1, 0.15) is 57.9 Å². The highest BCUT2D eigenvalue weighted by Gasteiger charge is 2.39. The van der Waals surface area contributed by atoms with E-state index in [9.17, 15) is 9.59 Å². The van der Waals surface area contributed by atoms with Gasteiger partial charge in [0.1, 0.15) is 12.2 Å². The summed E-state index contributed by atoms with van der Waals surface area (Å²) >= 11 is 20.7. The number of halogens is 4. The minimum atomic E-state index is -1.68. The van der Waals surface area contributed by atoms with Crippen LogP contribution in [0.3, 0.4) is 0 Å². The van der Waals surface area contributed by atoms with Crippen molar-refractivity contribution in [1.29, 1.82) is 0 Å². The molecule has 0 bridgehead atoms. The summed E-state index contributed by atoms with van der Waals surface area (Å²) in [7, 11) is 0. The lowest BCUT2D eigenvalue weighted by Gasteiger charge is -2.34. The fourth-order valence-electron chi connectivity index (χ4n) is 3.64. The number of esters is 2. The topological polar surface area (TPSA) is 52.6 Å². The van der Waals surface area contributed by atoms with E-state index in [0.29, 0.717) is 6.42 Å². The van der Waals surface area contributed by atoms with Crippen LogP contribution in [-0.4, -0.2) is 27.9 Å². The Kier molecular flexibility index (Phi) is 8.73. The summed E-state index contributed by atoms with van der Waals surface area (Å²) < 4.78 is 10.1. The molecule has 3 atom stereocenters. The molecule has 29 heavy (non-hydrogen) atoms. The van der Waals surface area contributed by atoms with Gasteiger partial charge >= 0.3 is 11.9 Å². The molecule has 0 spiro atoms. The number of benzene rings is 1. The number of hydrogen-bond donors (Lipinski definition) is 0. The second kappa shape index (κ2) is 10.2. The Labute approximate surface area is 195 Å². The molecule has 1 aliphatic carbocycles. The molecular weight excluding hydrogens is 502 g/mol. The van der Waals surface area contributed by atoms with Crippen LogP contribution >= 0.6 is 50.7 Å². The van der Waals surface area contributed by atoms with Crippen LogP contribution in [0.25, 0.3) is 0 Å². The van der Waals surface area contributed by atoms with Crippen molar-refractivity contribution in [2.45, 2.75) is 61.8 Å². The summed E-state index contributed by atoms with van der Waals surface area (Å²) in [5.41, 5.74) is 0.274. The van der Waals surface area contributed by atoms with E-state index in [-0.39, 0.29) is 24.4 Å². The second-order valence-electron chi connectivity index (χ2n) is 8.41. The van der Waals surface area contributed by atoms with Crippen molar-refractivity contribution < 1.29 is 19.1 Å². The van der Waals surface area contributed by atoms with Crippen molar-refractivity contribution in [1.82, 2.24) is 0 Å². The van der Waals surface area contributed by atoms with Crippen LogP contribution in [0.15, 0.2) is 28.7 Å². The molecule has 8 heteroatoms. The third kappa shape index (κ3) is 8.28. The van der Waals surface area contributed by atoms with Gasteiger partial charge in [-0.2, -0.15) is 0 Å². The number of carbonyl (C=O) groups is 2. The van der Waals surface area contributed by atoms with Crippen molar-refractivity contribution >= 4 is 62.7 Å². The van der Waals surface area contributed by atoms with Crippen LogP contribution in [-0.2, 0) is 19.1 Å². The molecule has 2 rings (SSSR count). The van der Waals surface area contributed by atoms with Gasteiger partial charge in [0.15, 0.2) is 0 Å². The first-order chi connectivity index (χ1) is 13.4. The Hall–Kier alpha value is -0.490. The molecule has 0 saturated heterocycles. The molecule has 1 aliphatic rings. The maximum absolute atomic E-state index is 13.0. The standard InChI is InChI=1S/C21H26BrCl3O4/c1-20(2,3)29-18(26)15-6-4-5-14(11-15)17(13-7-9-16(22)10-8-13)19(27)28-12-21(23,24)25/h7-10,14-15,17H,4-6,11-12H2,1-3H3/t14-,15-,17+/m1/s1. The van der Waals surface area contributed by atoms with E-state index in [1.54, 1.807) is 0 Å². The highest BCUT2D eigenvalue weighted by molar-refractivity contribution is 9.10. The zero-order chi connectivity index (χ0) is 21.8. The van der Waals surface area contributed by atoms with E-state index in [0.717, 1.165) is 29.3 Å². The predicted molar refractivity (Wildman–Crippen MR) is 119 cm³/mol. The van der Waals surface area contributed by atoms with Gasteiger partial charge in [0.2, 0.25) is 3.79 Å². The summed E-state index contributed by atoms with van der Waals surface area (Å²) in [6.07, 6.45) is 2.95. The first-order valence-corrected chi connectivity index (χ1v) is 11.5. The van der Waals surface area contributed by atoms with Gasteiger partial charge in [0.25, 0.3) is 0 Å². The summed E-state index contributed by atoms with van der Waals surface area (Å²) in [6, 6.07) is 7.50. The summed E-state index contributed by atoms with van der Waals surface area (Å²) in [5, 5.41) is 0. The van der Waals surface area contributed by atoms with Crippen molar-refractivity contribution in [3.63, 3.8) is 0 Å². The summed E-state index contributed by atoms with van der Waals surface area (Å²) in [6.45, 7) is 5.23. The maximum atomic E-state index is 13.0. The van der Waals surface area contributed by atoms with Gasteiger partial charge in [-0.3, -0.25) is 9.59 Å². The minimum absolute atomic E-state index is 0.0645. The number of carbonyl (C=O) groups excluding carboxylic acids is 2. The summed E-state index contributed by atoms with van der Waals surface area (Å²) in [5.74, 6) is -1.52. The van der Waals surface area contributed by atoms with Crippen LogP contribution in [0.4, 0.5) is 0 Å². The highest BCUT2D eigenvalue weighted by Crippen LogP contribution is 2.41. The van der Waals surface area contributed by atoms with Gasteiger partial charge in [-0.05, 0) is 63.6 Å². The van der Waals surface area contributed by atoms with Gasteiger partial charge < -0.3 is 9.47 Å². The molecule has 1 fully saturated rings. The SMILES string of the molecule is CC(C)(C)OC(=O)[C@@H]1CCC[C@@H]([C@@H](C(=O)OCC(Cl)(Cl)Cl)c2ccc(Br)cc2)C1. The van der Waals surface area contributed by atoms with Gasteiger partial charge in [0.05, 0.1) is 11.8 Å². The van der Waals surface area contributed by atoms with Crippen molar-refractivity contribution in [3.8, 4) is 0 Å². The molecule has 1 aromatic rings. The van der Waals surface area contributed by atoms with E-state index in [2.05, 4.69) is 15.9 Å². The highest BCUT2D eigenvalue weighted by atomic mass is 79.9. The molecule has 162 valence electrons. The van der Waals surface area contributed by atoms with Gasteiger partial charge in [0, 0.05) is 4.47 Å². The van der Waals surface area contributed by atoms with Crippen LogP contribution in [0.2, 0.25) is 0 Å². The number of alkyl halides is 3. The molecule has 0 aromatic heterocycles. The molecule has 4 nitrogen and oxygen atoms in total. The first-order valence-electron chi connectivity index (χ1n) is 9.57. The number of rotatable bonds is 5. The van der Waals surface area contributed by atoms with E-state index in [1.807, 2.05) is 45.0 Å². The Morgan fingerprint density at radius 3 is 2.31 bits per heavy atom. The minimum Gasteiger partial charge on any atom is -0.461 e. The van der Waals surface area contributed by atoms with Gasteiger partial charge in [-0.1, -0.05) is 69.3 Å². The fraction of sp³-hybridized carbons (Fsp3) is 0.619. The lowest BCUT2D eigenvalue weighted by Crippen LogP contribution is -2.35. The van der Waals surface area contributed by atoms with E-state index < -0.39 is 21.3 Å². The normalized spacial score (nSPS) is 21.3. The maximum Gasteiger partial charge on any atom is 0.313 e. The lowest BCUT2D eigenvalue weighted by atomic mass is 9.72. The smallest absolute Gasteiger partial charge is 0.313 e. The molecule has 0 radical (unpaired) electrons. The molecule has 1 aromatic carbocycles. The van der Waals surface area contributed by atoms with Gasteiger partial charge in [-0.25, -0.2) is 0 Å². The molecule has 0 heterocycles. The van der Waals surface area contributed by atoms with Gasteiger partial charge in [-0.15, -0.1) is 0 Å². The van der Waals surface area contributed by atoms with Crippen molar-refractivity contribution in [3.05, 3.63) is 34.3 Å². The predicted octanol–water partition coefficient (Wildman–Crippen LogP) is 6.59. The average Bonchev–Trinajstić information content (AvgIpc) is 2.60. The Balaban J connectivity index is 2.21. The molecular formula is C21H26BrCl3O4. The quantitative estimate of drug-likeness (QED) is 0.319. The zero-order valence-corrected chi connectivity index (χ0v) is 20.6. The zero-order valence-electron chi connectivity index (χ0n) is 16.7. The lowest BCUT2D eigenvalue weighted by molar-refractivity contribution is -0.162. The molecule has 0 N–H and O–H groups in total. The second-order valence-corrected chi connectivity index (χ2v) is 11.8. The monoisotopic (exact) mass is 526 g/mol. The Morgan fingerprint density at radius 2 is 1.76 bits per heavy atom. The van der Waals surface area contributed by atoms with Crippen LogP contribution in [0, 0.1) is 11.8 Å². The molecule has 1 saturated carbocycles. The molecule has 0 amide bonds. The Bertz CT molecular complexity index is 710. The molecule has 0 aliphatic heterocycles. The van der Waals surface area contributed by atoms with E-state index in [1.165, 1.54) is 0 Å². The number of ether oxygens (including phenoxy) is 2. The van der Waals surface area contributed by atoms with E-state index in [4.69, 9.17) is 44.3 Å². The average molecular weight is 529 g/mol. The van der Waals surface area contributed by atoms with Crippen LogP contribution in [0.5, 0.6) is 0 Å². The van der Waals surface area contributed by atoms with Crippen molar-refractivity contribution in [2.75, 3.05) is 6.61 Å². The third-order valence-corrected chi connectivity index (χ3v) is 5.64. The number of hydrogen-bond acceptors (Lipinski definition) is 4. The Morgan fingerprint density at radius 1 is 1.14 bits per heavy atom. The molecule has 0 unspecified atom stereocenters. The third-order valence-electron chi connectivity index (χ3n) is 4.79. The summed E-state index contributed by atoms with van der Waals surface area (Å²) in [4.78, 5) is 25.5. The first kappa shape index (κ1) is 24.8. The largest absolute Gasteiger partial charge is 0.461 e. The van der Waals surface area contributed by atoms with Crippen molar-refractivity contribution in [2.24, 2.45) is 11.8 Å².